The van der Waals surface area contributed by atoms with Crippen LogP contribution in [0, 0.1) is 0 Å². The van der Waals surface area contributed by atoms with Crippen molar-refractivity contribution in [1.82, 2.24) is 10.2 Å². The molecule has 1 amide bonds. The summed E-state index contributed by atoms with van der Waals surface area (Å²) >= 11 is 0. The zero-order chi connectivity index (χ0) is 12.0. The fraction of sp³-hybridized carbons (Fsp3) is 0.917. The lowest BCUT2D eigenvalue weighted by atomic mass is 10.1. The topological polar surface area (TPSA) is 41.6 Å². The third kappa shape index (κ3) is 3.67. The molecule has 0 aromatic carbocycles. The Labute approximate surface area is 98.3 Å². The van der Waals surface area contributed by atoms with Gasteiger partial charge in [0.2, 0.25) is 0 Å². The molecule has 16 heavy (non-hydrogen) atoms. The Morgan fingerprint density at radius 1 is 1.56 bits per heavy atom. The summed E-state index contributed by atoms with van der Waals surface area (Å²) in [4.78, 5) is 13.1. The number of amides is 1. The smallest absolute Gasteiger partial charge is 0.409 e. The third-order valence-corrected chi connectivity index (χ3v) is 3.22. The van der Waals surface area contributed by atoms with Gasteiger partial charge in [0.15, 0.2) is 0 Å². The second-order valence-electron chi connectivity index (χ2n) is 4.46. The summed E-state index contributed by atoms with van der Waals surface area (Å²) in [5.41, 5.74) is 0. The number of hydrogen-bond acceptors (Lipinski definition) is 3. The highest BCUT2D eigenvalue weighted by Crippen LogP contribution is 2.13. The van der Waals surface area contributed by atoms with Gasteiger partial charge < -0.3 is 15.0 Å². The number of nitrogens with one attached hydrogen (secondary N) is 1. The van der Waals surface area contributed by atoms with Crippen LogP contribution in [-0.4, -0.2) is 43.3 Å². The summed E-state index contributed by atoms with van der Waals surface area (Å²) in [5, 5.41) is 3.63. The van der Waals surface area contributed by atoms with Gasteiger partial charge in [-0.2, -0.15) is 0 Å². The first-order valence-corrected chi connectivity index (χ1v) is 6.30. The van der Waals surface area contributed by atoms with Crippen LogP contribution in [0.15, 0.2) is 0 Å². The molecule has 2 unspecified atom stereocenters. The minimum absolute atomic E-state index is 0.201. The van der Waals surface area contributed by atoms with E-state index in [1.54, 1.807) is 4.90 Å². The zero-order valence-electron chi connectivity index (χ0n) is 10.7. The first kappa shape index (κ1) is 13.3. The number of nitrogens with zero attached hydrogens (tertiary/aromatic N) is 1. The summed E-state index contributed by atoms with van der Waals surface area (Å²) in [6.45, 7) is 6.01. The van der Waals surface area contributed by atoms with Crippen LogP contribution >= 0.6 is 0 Å². The first-order chi connectivity index (χ1) is 7.71. The highest BCUT2D eigenvalue weighted by Gasteiger charge is 2.27. The number of rotatable bonds is 5. The van der Waals surface area contributed by atoms with Gasteiger partial charge in [0, 0.05) is 25.2 Å². The van der Waals surface area contributed by atoms with Crippen LogP contribution in [0.2, 0.25) is 0 Å². The lowest BCUT2D eigenvalue weighted by molar-refractivity contribution is 0.132. The van der Waals surface area contributed by atoms with Gasteiger partial charge in [-0.05, 0) is 19.3 Å². The maximum Gasteiger partial charge on any atom is 0.409 e. The lowest BCUT2D eigenvalue weighted by Gasteiger charge is -2.21. The Hall–Kier alpha value is -0.770. The van der Waals surface area contributed by atoms with E-state index in [1.165, 1.54) is 20.0 Å². The molecule has 0 saturated carbocycles. The van der Waals surface area contributed by atoms with E-state index in [9.17, 15) is 4.79 Å². The van der Waals surface area contributed by atoms with Crippen LogP contribution in [0.5, 0.6) is 0 Å². The number of hydrogen-bond donors (Lipinski definition) is 1. The SMILES string of the molecule is CCCC(CC)NC1CCN(C(=O)OC)C1. The average molecular weight is 228 g/mol. The van der Waals surface area contributed by atoms with Gasteiger partial charge in [-0.1, -0.05) is 20.3 Å². The molecular weight excluding hydrogens is 204 g/mol. The molecule has 0 radical (unpaired) electrons. The van der Waals surface area contributed by atoms with E-state index in [4.69, 9.17) is 4.74 Å². The van der Waals surface area contributed by atoms with E-state index in [0.29, 0.717) is 12.1 Å². The molecule has 2 atom stereocenters. The normalized spacial score (nSPS) is 22.2. The molecular formula is C12H24N2O2. The molecule has 1 fully saturated rings. The van der Waals surface area contributed by atoms with E-state index < -0.39 is 0 Å². The molecule has 1 aliphatic heterocycles. The Morgan fingerprint density at radius 2 is 2.31 bits per heavy atom. The van der Waals surface area contributed by atoms with Gasteiger partial charge in [-0.25, -0.2) is 4.79 Å². The summed E-state index contributed by atoms with van der Waals surface area (Å²) in [5.74, 6) is 0. The quantitative estimate of drug-likeness (QED) is 0.782. The largest absolute Gasteiger partial charge is 0.453 e. The molecule has 0 spiro atoms. The number of ether oxygens (including phenoxy) is 1. The highest BCUT2D eigenvalue weighted by atomic mass is 16.5. The predicted molar refractivity (Wildman–Crippen MR) is 64.5 cm³/mol. The molecule has 1 N–H and O–H groups in total. The first-order valence-electron chi connectivity index (χ1n) is 6.30. The van der Waals surface area contributed by atoms with Crippen molar-refractivity contribution in [1.29, 1.82) is 0 Å². The standard InChI is InChI=1S/C12H24N2O2/c1-4-6-10(5-2)13-11-7-8-14(9-11)12(15)16-3/h10-11,13H,4-9H2,1-3H3. The van der Waals surface area contributed by atoms with Crippen molar-refractivity contribution in [3.05, 3.63) is 0 Å². The predicted octanol–water partition coefficient (Wildman–Crippen LogP) is 2.00. The van der Waals surface area contributed by atoms with Crippen molar-refractivity contribution in [3.63, 3.8) is 0 Å². The average Bonchev–Trinajstić information content (AvgIpc) is 2.76. The van der Waals surface area contributed by atoms with Crippen LogP contribution < -0.4 is 5.32 Å². The molecule has 4 heteroatoms. The van der Waals surface area contributed by atoms with Crippen LogP contribution in [0.25, 0.3) is 0 Å². The minimum Gasteiger partial charge on any atom is -0.453 e. The molecule has 1 rings (SSSR count). The monoisotopic (exact) mass is 228 g/mol. The molecule has 0 aromatic rings. The minimum atomic E-state index is -0.201. The van der Waals surface area contributed by atoms with E-state index in [0.717, 1.165) is 25.9 Å². The second kappa shape index (κ2) is 6.74. The number of methoxy groups -OCH3 is 1. The second-order valence-corrected chi connectivity index (χ2v) is 4.46. The molecule has 0 bridgehead atoms. The van der Waals surface area contributed by atoms with Crippen LogP contribution in [0.1, 0.15) is 39.5 Å². The number of carbonyl (C=O) groups is 1. The lowest BCUT2D eigenvalue weighted by Crippen LogP contribution is -2.40. The van der Waals surface area contributed by atoms with Gasteiger partial charge in [0.1, 0.15) is 0 Å². The molecule has 1 saturated heterocycles. The zero-order valence-corrected chi connectivity index (χ0v) is 10.7. The van der Waals surface area contributed by atoms with Crippen molar-refractivity contribution in [2.24, 2.45) is 0 Å². The van der Waals surface area contributed by atoms with Crippen LogP contribution in [0.4, 0.5) is 4.79 Å². The van der Waals surface area contributed by atoms with E-state index >= 15 is 0 Å². The molecule has 4 nitrogen and oxygen atoms in total. The van der Waals surface area contributed by atoms with Crippen LogP contribution in [-0.2, 0) is 4.74 Å². The maximum absolute atomic E-state index is 11.3. The summed E-state index contributed by atoms with van der Waals surface area (Å²) < 4.78 is 4.72. The van der Waals surface area contributed by atoms with Crippen molar-refractivity contribution in [2.75, 3.05) is 20.2 Å². The van der Waals surface area contributed by atoms with Crippen LogP contribution in [0.3, 0.4) is 0 Å². The van der Waals surface area contributed by atoms with Gasteiger partial charge >= 0.3 is 6.09 Å². The molecule has 0 aliphatic carbocycles. The number of carbonyl (C=O) groups excluding carboxylic acids is 1. The third-order valence-electron chi connectivity index (χ3n) is 3.22. The molecule has 0 aromatic heterocycles. The van der Waals surface area contributed by atoms with E-state index in [2.05, 4.69) is 19.2 Å². The Balaban J connectivity index is 2.32. The van der Waals surface area contributed by atoms with E-state index in [-0.39, 0.29) is 6.09 Å². The van der Waals surface area contributed by atoms with Gasteiger partial charge in [0.05, 0.1) is 7.11 Å². The van der Waals surface area contributed by atoms with Crippen molar-refractivity contribution in [2.45, 2.75) is 51.6 Å². The van der Waals surface area contributed by atoms with Gasteiger partial charge in [0.25, 0.3) is 0 Å². The summed E-state index contributed by atoms with van der Waals surface area (Å²) in [6.07, 6.45) is 4.41. The van der Waals surface area contributed by atoms with Crippen molar-refractivity contribution in [3.8, 4) is 0 Å². The van der Waals surface area contributed by atoms with Crippen molar-refractivity contribution < 1.29 is 9.53 Å². The fourth-order valence-corrected chi connectivity index (χ4v) is 2.28. The highest BCUT2D eigenvalue weighted by molar-refractivity contribution is 5.67. The summed E-state index contributed by atoms with van der Waals surface area (Å²) in [7, 11) is 1.44. The molecule has 1 heterocycles. The van der Waals surface area contributed by atoms with E-state index in [1.807, 2.05) is 0 Å². The molecule has 94 valence electrons. The number of likely N-dealkylation sites (tertiary alicyclic amines) is 1. The Morgan fingerprint density at radius 3 is 2.88 bits per heavy atom. The molecule has 1 aliphatic rings. The summed E-state index contributed by atoms with van der Waals surface area (Å²) in [6, 6.07) is 1.03. The Kier molecular flexibility index (Phi) is 5.60. The fourth-order valence-electron chi connectivity index (χ4n) is 2.28. The Bertz CT molecular complexity index is 221. The maximum atomic E-state index is 11.3. The van der Waals surface area contributed by atoms with Gasteiger partial charge in [-0.3, -0.25) is 0 Å². The van der Waals surface area contributed by atoms with Gasteiger partial charge in [-0.15, -0.1) is 0 Å². The van der Waals surface area contributed by atoms with Crippen molar-refractivity contribution >= 4 is 6.09 Å².